The average molecular weight is 571 g/mol. The summed E-state index contributed by atoms with van der Waals surface area (Å²) in [4.78, 5) is 28.1. The molecule has 0 bridgehead atoms. The maximum absolute atomic E-state index is 12.4. The largest absolute Gasteiger partial charge is 0.423 e. The molecule has 43 heavy (non-hydrogen) atoms. The lowest BCUT2D eigenvalue weighted by Crippen LogP contribution is -2.08. The van der Waals surface area contributed by atoms with E-state index >= 15 is 0 Å². The highest BCUT2D eigenvalue weighted by molar-refractivity contribution is 5.91. The summed E-state index contributed by atoms with van der Waals surface area (Å²) in [5.74, 6) is 0.0376. The molecule has 0 saturated heterocycles. The van der Waals surface area contributed by atoms with E-state index in [0.717, 1.165) is 25.7 Å². The van der Waals surface area contributed by atoms with Crippen LogP contribution in [-0.4, -0.2) is 11.9 Å². The first kappa shape index (κ1) is 30.8. The van der Waals surface area contributed by atoms with Gasteiger partial charge in [-0.15, -0.1) is 0 Å². The van der Waals surface area contributed by atoms with E-state index in [0.29, 0.717) is 33.9 Å². The summed E-state index contributed by atoms with van der Waals surface area (Å²) in [5.41, 5.74) is 4.47. The van der Waals surface area contributed by atoms with Crippen molar-refractivity contribution < 1.29 is 19.1 Å². The van der Waals surface area contributed by atoms with Gasteiger partial charge in [0.15, 0.2) is 5.69 Å². The van der Waals surface area contributed by atoms with E-state index in [1.54, 1.807) is 60.7 Å². The molecule has 0 fully saturated rings. The van der Waals surface area contributed by atoms with E-state index < -0.39 is 11.9 Å². The van der Waals surface area contributed by atoms with Gasteiger partial charge in [-0.2, -0.15) is 5.26 Å². The van der Waals surface area contributed by atoms with E-state index in [4.69, 9.17) is 21.3 Å². The molecule has 0 amide bonds. The fourth-order valence-electron chi connectivity index (χ4n) is 4.68. The van der Waals surface area contributed by atoms with Gasteiger partial charge in [0.05, 0.1) is 29.3 Å². The van der Waals surface area contributed by atoms with Crippen molar-refractivity contribution in [2.24, 2.45) is 0 Å². The van der Waals surface area contributed by atoms with Gasteiger partial charge in [0.25, 0.3) is 0 Å². The fourth-order valence-corrected chi connectivity index (χ4v) is 4.68. The summed E-state index contributed by atoms with van der Waals surface area (Å²) in [6.45, 7) is 6.99. The molecule has 0 atom stereocenters. The molecule has 0 aromatic heterocycles. The smallest absolute Gasteiger partial charge is 0.343 e. The van der Waals surface area contributed by atoms with Crippen LogP contribution in [0.5, 0.6) is 11.5 Å². The maximum Gasteiger partial charge on any atom is 0.343 e. The van der Waals surface area contributed by atoms with E-state index in [1.165, 1.54) is 43.2 Å². The van der Waals surface area contributed by atoms with Gasteiger partial charge in [0, 0.05) is 0 Å². The summed E-state index contributed by atoms with van der Waals surface area (Å²) in [7, 11) is 0. The summed E-state index contributed by atoms with van der Waals surface area (Å²) in [5, 5.41) is 8.87. The Morgan fingerprint density at radius 1 is 0.581 bits per heavy atom. The average Bonchev–Trinajstić information content (AvgIpc) is 3.05. The van der Waals surface area contributed by atoms with Gasteiger partial charge >= 0.3 is 11.9 Å². The molecule has 0 unspecified atom stereocenters. The number of unbranched alkanes of at least 4 members (excludes halogenated alkanes) is 6. The molecule has 0 heterocycles. The molecule has 0 saturated carbocycles. The molecule has 0 aliphatic rings. The van der Waals surface area contributed by atoms with Crippen LogP contribution < -0.4 is 9.47 Å². The zero-order valence-corrected chi connectivity index (χ0v) is 24.1. The highest BCUT2D eigenvalue weighted by Gasteiger charge is 2.10. The number of aryl methyl sites for hydroxylation is 2. The molecule has 0 N–H and O–H groups in total. The first-order valence-corrected chi connectivity index (χ1v) is 14.6. The Morgan fingerprint density at radius 3 is 1.37 bits per heavy atom. The molecule has 0 spiro atoms. The van der Waals surface area contributed by atoms with Crippen LogP contribution >= 0.6 is 0 Å². The van der Waals surface area contributed by atoms with Crippen molar-refractivity contribution >= 4 is 17.6 Å². The normalized spacial score (nSPS) is 10.4. The molecule has 0 aliphatic carbocycles. The van der Waals surface area contributed by atoms with Gasteiger partial charge in [0.1, 0.15) is 11.5 Å². The lowest BCUT2D eigenvalue weighted by atomic mass is 10.0. The van der Waals surface area contributed by atoms with Crippen molar-refractivity contribution in [2.45, 2.75) is 57.8 Å². The van der Waals surface area contributed by atoms with Crippen LogP contribution in [0.25, 0.3) is 4.85 Å². The minimum absolute atomic E-state index is 0.403. The highest BCUT2D eigenvalue weighted by atomic mass is 16.5. The summed E-state index contributed by atoms with van der Waals surface area (Å²) >= 11 is 0. The minimum Gasteiger partial charge on any atom is -0.423 e. The minimum atomic E-state index is -0.408. The van der Waals surface area contributed by atoms with Gasteiger partial charge in [0.2, 0.25) is 0 Å². The second kappa shape index (κ2) is 16.3. The van der Waals surface area contributed by atoms with Crippen molar-refractivity contribution in [3.05, 3.63) is 136 Å². The molecular weight excluding hydrogens is 536 g/mol. The highest BCUT2D eigenvalue weighted by Crippen LogP contribution is 2.20. The fraction of sp³-hybridized carbons (Fsp3) is 0.243. The second-order valence-corrected chi connectivity index (χ2v) is 10.4. The van der Waals surface area contributed by atoms with E-state index in [1.807, 2.05) is 42.5 Å². The van der Waals surface area contributed by atoms with Crippen molar-refractivity contribution in [2.75, 3.05) is 0 Å². The lowest BCUT2D eigenvalue weighted by Gasteiger charge is -2.07. The monoisotopic (exact) mass is 570 g/mol. The Kier molecular flexibility index (Phi) is 11.7. The van der Waals surface area contributed by atoms with Crippen LogP contribution in [0.3, 0.4) is 0 Å². The number of rotatable bonds is 14. The molecule has 216 valence electrons. The first-order valence-electron chi connectivity index (χ1n) is 14.6. The third-order valence-electron chi connectivity index (χ3n) is 7.18. The third kappa shape index (κ3) is 9.99. The van der Waals surface area contributed by atoms with E-state index in [9.17, 15) is 9.59 Å². The van der Waals surface area contributed by atoms with Gasteiger partial charge in [-0.3, -0.25) is 0 Å². The zero-order valence-electron chi connectivity index (χ0n) is 24.1. The number of benzene rings is 4. The van der Waals surface area contributed by atoms with Crippen molar-refractivity contribution in [1.82, 2.24) is 0 Å². The number of carbonyl (C=O) groups excluding carboxylic acids is 2. The van der Waals surface area contributed by atoms with Gasteiger partial charge in [-0.05, 0) is 97.5 Å². The zero-order chi connectivity index (χ0) is 30.3. The topological polar surface area (TPSA) is 80.8 Å². The molecule has 6 nitrogen and oxygen atoms in total. The Balaban J connectivity index is 1.04. The van der Waals surface area contributed by atoms with Crippen molar-refractivity contribution in [3.8, 4) is 17.6 Å². The predicted octanol–water partition coefficient (Wildman–Crippen LogP) is 9.06. The van der Waals surface area contributed by atoms with Gasteiger partial charge in [-0.25, -0.2) is 14.4 Å². The van der Waals surface area contributed by atoms with E-state index in [2.05, 4.69) is 4.85 Å². The Bertz CT molecular complexity index is 1440. The molecule has 6 heteroatoms. The van der Waals surface area contributed by atoms with Crippen LogP contribution in [0.4, 0.5) is 5.69 Å². The summed E-state index contributed by atoms with van der Waals surface area (Å²) in [6, 6.07) is 30.2. The number of ether oxygens (including phenoxy) is 2. The number of hydrogen-bond acceptors (Lipinski definition) is 5. The number of carbonyl (C=O) groups is 2. The second-order valence-electron chi connectivity index (χ2n) is 10.4. The first-order chi connectivity index (χ1) is 21.0. The van der Waals surface area contributed by atoms with Crippen LogP contribution in [0.2, 0.25) is 0 Å². The summed E-state index contributed by atoms with van der Waals surface area (Å²) < 4.78 is 10.8. The molecule has 0 aliphatic heterocycles. The molecule has 4 aromatic carbocycles. The molecule has 0 radical (unpaired) electrons. The molecular formula is C37H34N2O4. The Hall–Kier alpha value is -5.20. The van der Waals surface area contributed by atoms with Crippen LogP contribution in [0, 0.1) is 17.9 Å². The van der Waals surface area contributed by atoms with Crippen LogP contribution in [0.15, 0.2) is 97.1 Å². The Morgan fingerprint density at radius 2 is 0.977 bits per heavy atom. The van der Waals surface area contributed by atoms with Crippen molar-refractivity contribution in [3.63, 3.8) is 0 Å². The number of nitriles is 1. The van der Waals surface area contributed by atoms with Crippen LogP contribution in [-0.2, 0) is 12.8 Å². The maximum atomic E-state index is 12.4. The number of hydrogen-bond donors (Lipinski definition) is 0. The lowest BCUT2D eigenvalue weighted by molar-refractivity contribution is 0.0725. The van der Waals surface area contributed by atoms with Crippen LogP contribution in [0.1, 0.15) is 82.4 Å². The third-order valence-corrected chi connectivity index (χ3v) is 7.18. The quantitative estimate of drug-likeness (QED) is 0.0654. The Labute approximate surface area is 253 Å². The summed E-state index contributed by atoms with van der Waals surface area (Å²) in [6.07, 6.45) is 10.2. The molecule has 4 rings (SSSR count). The number of nitrogens with zero attached hydrogens (tertiary/aromatic N) is 2. The molecule has 4 aromatic rings. The standard InChI is InChI=1S/C37H34N2O4/c1-39-33-21-25-35(26-22-33)43-37(41)32-19-13-29(14-20-32)10-8-6-4-2-3-5-7-9-28-11-17-31(18-12-28)36(40)42-34-23-15-30(27-38)16-24-34/h11-26H,2-10H2. The SMILES string of the molecule is [C-]#[N+]c1ccc(OC(=O)c2ccc(CCCCCCCCCc3ccc(C(=O)Oc4ccc(C#N)cc4)cc3)cc2)cc1. The van der Waals surface area contributed by atoms with Crippen molar-refractivity contribution in [1.29, 1.82) is 5.26 Å². The van der Waals surface area contributed by atoms with Gasteiger partial charge in [-0.1, -0.05) is 68.5 Å². The van der Waals surface area contributed by atoms with E-state index in [-0.39, 0.29) is 0 Å². The predicted molar refractivity (Wildman–Crippen MR) is 166 cm³/mol. The van der Waals surface area contributed by atoms with Gasteiger partial charge < -0.3 is 9.47 Å². The number of esters is 2.